The second-order valence-corrected chi connectivity index (χ2v) is 9.20. The monoisotopic (exact) mass is 421 g/mol. The summed E-state index contributed by atoms with van der Waals surface area (Å²) in [6, 6.07) is 16.0. The molecule has 0 atom stereocenters. The lowest BCUT2D eigenvalue weighted by Crippen LogP contribution is -2.00. The number of aryl methyl sites for hydroxylation is 3. The number of unbranched alkanes of at least 4 members (excludes halogenated alkanes) is 9. The molecule has 2 aromatic rings. The summed E-state index contributed by atoms with van der Waals surface area (Å²) in [5, 5.41) is 3.76. The van der Waals surface area contributed by atoms with Crippen LogP contribution in [0.3, 0.4) is 0 Å². The number of nitrogens with one attached hydrogen (secondary N) is 1. The Morgan fingerprint density at radius 1 is 0.516 bits per heavy atom. The summed E-state index contributed by atoms with van der Waals surface area (Å²) in [5.74, 6) is 0. The molecule has 0 bridgehead atoms. The molecule has 2 aromatic carbocycles. The molecule has 0 spiro atoms. The van der Waals surface area contributed by atoms with Crippen molar-refractivity contribution >= 4 is 11.4 Å². The Kier molecular flexibility index (Phi) is 13.1. The predicted octanol–water partition coefficient (Wildman–Crippen LogP) is 9.80. The Hall–Kier alpha value is -1.76. The lowest BCUT2D eigenvalue weighted by Gasteiger charge is -2.16. The molecule has 0 aliphatic rings. The van der Waals surface area contributed by atoms with Gasteiger partial charge in [0, 0.05) is 11.4 Å². The van der Waals surface area contributed by atoms with Gasteiger partial charge in [-0.15, -0.1) is 0 Å². The van der Waals surface area contributed by atoms with E-state index in [1.54, 1.807) is 11.1 Å². The zero-order valence-corrected chi connectivity index (χ0v) is 20.6. The van der Waals surface area contributed by atoms with Gasteiger partial charge in [-0.2, -0.15) is 0 Å². The molecule has 0 heterocycles. The van der Waals surface area contributed by atoms with Gasteiger partial charge in [0.05, 0.1) is 0 Å². The van der Waals surface area contributed by atoms with E-state index in [-0.39, 0.29) is 0 Å². The molecule has 0 fully saturated rings. The van der Waals surface area contributed by atoms with Crippen LogP contribution in [0.5, 0.6) is 0 Å². The fraction of sp³-hybridized carbons (Fsp3) is 0.600. The van der Waals surface area contributed by atoms with Crippen LogP contribution in [0.15, 0.2) is 42.5 Å². The Bertz CT molecular complexity index is 718. The molecule has 1 N–H and O–H groups in total. The number of benzene rings is 2. The lowest BCUT2D eigenvalue weighted by atomic mass is 9.96. The number of hydrogen-bond donors (Lipinski definition) is 1. The van der Waals surface area contributed by atoms with Crippen molar-refractivity contribution in [3.05, 3.63) is 59.2 Å². The molecule has 172 valence electrons. The van der Waals surface area contributed by atoms with E-state index in [0.717, 1.165) is 0 Å². The quantitative estimate of drug-likeness (QED) is 0.251. The van der Waals surface area contributed by atoms with Gasteiger partial charge in [-0.1, -0.05) is 103 Å². The molecule has 0 saturated carbocycles. The van der Waals surface area contributed by atoms with Crippen molar-refractivity contribution in [2.75, 3.05) is 5.32 Å². The first kappa shape index (κ1) is 25.5. The van der Waals surface area contributed by atoms with Crippen molar-refractivity contribution in [2.24, 2.45) is 0 Å². The molecule has 0 unspecified atom stereocenters. The van der Waals surface area contributed by atoms with Gasteiger partial charge in [0.2, 0.25) is 0 Å². The molecule has 2 rings (SSSR count). The van der Waals surface area contributed by atoms with Crippen LogP contribution in [0.1, 0.15) is 115 Å². The van der Waals surface area contributed by atoms with Crippen LogP contribution in [0.2, 0.25) is 0 Å². The minimum Gasteiger partial charge on any atom is -0.355 e. The molecule has 0 radical (unpaired) electrons. The maximum Gasteiger partial charge on any atom is 0.0416 e. The maximum absolute atomic E-state index is 3.76. The fourth-order valence-corrected chi connectivity index (χ4v) is 4.42. The highest BCUT2D eigenvalue weighted by molar-refractivity contribution is 5.64. The summed E-state index contributed by atoms with van der Waals surface area (Å²) in [6.07, 6.45) is 19.6. The van der Waals surface area contributed by atoms with Crippen molar-refractivity contribution in [3.63, 3.8) is 0 Å². The van der Waals surface area contributed by atoms with Gasteiger partial charge >= 0.3 is 0 Å². The van der Waals surface area contributed by atoms with Gasteiger partial charge < -0.3 is 5.32 Å². The smallest absolute Gasteiger partial charge is 0.0416 e. The molecular weight excluding hydrogens is 374 g/mol. The summed E-state index contributed by atoms with van der Waals surface area (Å²) in [4.78, 5) is 0. The van der Waals surface area contributed by atoms with Crippen LogP contribution >= 0.6 is 0 Å². The van der Waals surface area contributed by atoms with Crippen LogP contribution < -0.4 is 5.32 Å². The first-order chi connectivity index (χ1) is 15.3. The second-order valence-electron chi connectivity index (χ2n) is 9.20. The Labute approximate surface area is 193 Å². The van der Waals surface area contributed by atoms with Crippen LogP contribution in [0.25, 0.3) is 0 Å². The first-order valence-corrected chi connectivity index (χ1v) is 13.2. The van der Waals surface area contributed by atoms with E-state index in [1.807, 2.05) is 0 Å². The summed E-state index contributed by atoms with van der Waals surface area (Å²) >= 11 is 0. The Morgan fingerprint density at radius 3 is 1.68 bits per heavy atom. The van der Waals surface area contributed by atoms with Gasteiger partial charge in [-0.3, -0.25) is 0 Å². The second kappa shape index (κ2) is 16.0. The lowest BCUT2D eigenvalue weighted by molar-refractivity contribution is 0.651. The molecule has 0 saturated heterocycles. The minimum atomic E-state index is 1.17. The fourth-order valence-electron chi connectivity index (χ4n) is 4.42. The third kappa shape index (κ3) is 9.93. The van der Waals surface area contributed by atoms with E-state index in [4.69, 9.17) is 0 Å². The van der Waals surface area contributed by atoms with Gasteiger partial charge in [-0.25, -0.2) is 0 Å². The molecule has 1 heteroatoms. The topological polar surface area (TPSA) is 12.0 Å². The van der Waals surface area contributed by atoms with Crippen molar-refractivity contribution < 1.29 is 0 Å². The van der Waals surface area contributed by atoms with E-state index >= 15 is 0 Å². The number of anilines is 2. The summed E-state index contributed by atoms with van der Waals surface area (Å²) in [5.41, 5.74) is 7.13. The minimum absolute atomic E-state index is 1.17. The summed E-state index contributed by atoms with van der Waals surface area (Å²) in [6.45, 7) is 6.87. The first-order valence-electron chi connectivity index (χ1n) is 13.2. The zero-order chi connectivity index (χ0) is 22.2. The molecule has 0 aliphatic carbocycles. The normalized spacial score (nSPS) is 11.1. The van der Waals surface area contributed by atoms with E-state index in [1.165, 1.54) is 113 Å². The third-order valence-electron chi connectivity index (χ3n) is 6.40. The highest BCUT2D eigenvalue weighted by Gasteiger charge is 2.07. The molecule has 0 aliphatic heterocycles. The maximum atomic E-state index is 3.76. The Morgan fingerprint density at radius 2 is 1.06 bits per heavy atom. The Balaban J connectivity index is 2.07. The van der Waals surface area contributed by atoms with Gasteiger partial charge in [0.25, 0.3) is 0 Å². The average Bonchev–Trinajstić information content (AvgIpc) is 2.79. The number of para-hydroxylation sites is 1. The van der Waals surface area contributed by atoms with Crippen molar-refractivity contribution in [3.8, 4) is 0 Å². The largest absolute Gasteiger partial charge is 0.355 e. The molecular formula is C30H47N. The molecule has 0 amide bonds. The average molecular weight is 422 g/mol. The van der Waals surface area contributed by atoms with Crippen molar-refractivity contribution in [1.29, 1.82) is 0 Å². The predicted molar refractivity (Wildman–Crippen MR) is 140 cm³/mol. The molecule has 0 aromatic heterocycles. The molecule has 1 nitrogen and oxygen atoms in total. The van der Waals surface area contributed by atoms with Crippen LogP contribution in [0, 0.1) is 0 Å². The highest BCUT2D eigenvalue weighted by Crippen LogP contribution is 2.26. The number of hydrogen-bond acceptors (Lipinski definition) is 1. The van der Waals surface area contributed by atoms with Crippen LogP contribution in [0.4, 0.5) is 11.4 Å². The number of rotatable bonds is 17. The van der Waals surface area contributed by atoms with Crippen LogP contribution in [-0.2, 0) is 19.3 Å². The standard InChI is InChI=1S/C30H47N/c1-4-7-10-13-18-26-23-24-29(25-28(26)21-15-12-9-6-3)31-30-22-17-16-20-27(30)19-14-11-8-5-2/h16-17,20,22-25,31H,4-15,18-19,21H2,1-3H3. The van der Waals surface area contributed by atoms with Crippen molar-refractivity contribution in [1.82, 2.24) is 0 Å². The van der Waals surface area contributed by atoms with E-state index in [0.29, 0.717) is 0 Å². The highest BCUT2D eigenvalue weighted by atomic mass is 14.9. The van der Waals surface area contributed by atoms with Gasteiger partial charge in [-0.05, 0) is 73.4 Å². The van der Waals surface area contributed by atoms with Gasteiger partial charge in [0.1, 0.15) is 0 Å². The summed E-state index contributed by atoms with van der Waals surface area (Å²) < 4.78 is 0. The van der Waals surface area contributed by atoms with E-state index < -0.39 is 0 Å². The van der Waals surface area contributed by atoms with Gasteiger partial charge in [0.15, 0.2) is 0 Å². The van der Waals surface area contributed by atoms with Crippen LogP contribution in [-0.4, -0.2) is 0 Å². The third-order valence-corrected chi connectivity index (χ3v) is 6.40. The zero-order valence-electron chi connectivity index (χ0n) is 20.6. The van der Waals surface area contributed by atoms with E-state index in [2.05, 4.69) is 68.6 Å². The van der Waals surface area contributed by atoms with E-state index in [9.17, 15) is 0 Å². The van der Waals surface area contributed by atoms with Crippen molar-refractivity contribution in [2.45, 2.75) is 117 Å². The molecule has 31 heavy (non-hydrogen) atoms. The summed E-state index contributed by atoms with van der Waals surface area (Å²) in [7, 11) is 0. The SMILES string of the molecule is CCCCCCc1ccc(Nc2ccccc2CCCCCC)cc1CCCCCC.